The fourth-order valence-electron chi connectivity index (χ4n) is 3.27. The number of hydrogen-bond donors (Lipinski definition) is 3. The average molecular weight is 373 g/mol. The lowest BCUT2D eigenvalue weighted by molar-refractivity contribution is -0.253. The van der Waals surface area contributed by atoms with Crippen LogP contribution in [0.3, 0.4) is 0 Å². The average Bonchev–Trinajstić information content (AvgIpc) is 2.75. The summed E-state index contributed by atoms with van der Waals surface area (Å²) in [6, 6.07) is 10.5. The maximum atomic E-state index is 14.0. The lowest BCUT2D eigenvalue weighted by Gasteiger charge is -2.32. The minimum atomic E-state index is -5.06. The SMILES string of the molecule is CC(=O)c1cc2c(c3ncccc13)Nc1ccccc1NC2(O)C(F)(F)F. The Morgan fingerprint density at radius 1 is 1.15 bits per heavy atom. The minimum absolute atomic E-state index is 0.00660. The Labute approximate surface area is 151 Å². The number of para-hydroxylation sites is 2. The Kier molecular flexibility index (Phi) is 3.64. The summed E-state index contributed by atoms with van der Waals surface area (Å²) in [5, 5.41) is 16.3. The summed E-state index contributed by atoms with van der Waals surface area (Å²) in [5.41, 5.74) is -3.29. The molecular formula is C19H14F3N3O2. The maximum Gasteiger partial charge on any atom is 0.441 e. The molecule has 1 aliphatic heterocycles. The zero-order valence-electron chi connectivity index (χ0n) is 14.1. The molecule has 0 aliphatic carbocycles. The number of Topliss-reactive ketones (excluding diaryl/α,β-unsaturated/α-hetero) is 1. The number of fused-ring (bicyclic) bond motifs is 4. The summed E-state index contributed by atoms with van der Waals surface area (Å²) < 4.78 is 41.9. The quantitative estimate of drug-likeness (QED) is 0.554. The molecule has 0 spiro atoms. The van der Waals surface area contributed by atoms with Crippen LogP contribution in [0, 0.1) is 0 Å². The molecule has 5 nitrogen and oxygen atoms in total. The predicted octanol–water partition coefficient (Wildman–Crippen LogP) is 4.31. The molecule has 0 bridgehead atoms. The zero-order valence-corrected chi connectivity index (χ0v) is 14.1. The first-order chi connectivity index (χ1) is 12.7. The van der Waals surface area contributed by atoms with E-state index in [0.29, 0.717) is 11.1 Å². The predicted molar refractivity (Wildman–Crippen MR) is 95.0 cm³/mol. The van der Waals surface area contributed by atoms with Gasteiger partial charge in [0.25, 0.3) is 5.72 Å². The van der Waals surface area contributed by atoms with E-state index in [4.69, 9.17) is 0 Å². The van der Waals surface area contributed by atoms with Gasteiger partial charge in [-0.2, -0.15) is 13.2 Å². The maximum absolute atomic E-state index is 14.0. The van der Waals surface area contributed by atoms with Crippen molar-refractivity contribution in [2.24, 2.45) is 0 Å². The van der Waals surface area contributed by atoms with Crippen LogP contribution in [0.1, 0.15) is 22.8 Å². The first-order valence-corrected chi connectivity index (χ1v) is 8.09. The summed E-state index contributed by atoms with van der Waals surface area (Å²) in [6.45, 7) is 1.26. The summed E-state index contributed by atoms with van der Waals surface area (Å²) in [6.07, 6.45) is -3.64. The molecule has 3 N–H and O–H groups in total. The number of aliphatic hydroxyl groups is 1. The van der Waals surface area contributed by atoms with Crippen LogP contribution in [0.15, 0.2) is 48.7 Å². The zero-order chi connectivity index (χ0) is 19.4. The van der Waals surface area contributed by atoms with E-state index in [-0.39, 0.29) is 22.5 Å². The Hall–Kier alpha value is -3.13. The molecule has 0 fully saturated rings. The van der Waals surface area contributed by atoms with Crippen molar-refractivity contribution in [3.8, 4) is 0 Å². The topological polar surface area (TPSA) is 74.2 Å². The van der Waals surface area contributed by atoms with E-state index in [1.54, 1.807) is 30.3 Å². The third kappa shape index (κ3) is 2.52. The fraction of sp³-hybridized carbons (Fsp3) is 0.158. The molecule has 0 saturated heterocycles. The molecular weight excluding hydrogens is 359 g/mol. The highest BCUT2D eigenvalue weighted by Gasteiger charge is 2.58. The molecule has 0 amide bonds. The van der Waals surface area contributed by atoms with Gasteiger partial charge < -0.3 is 15.7 Å². The van der Waals surface area contributed by atoms with Crippen molar-refractivity contribution >= 4 is 33.7 Å². The number of nitrogens with zero attached hydrogens (tertiary/aromatic N) is 1. The van der Waals surface area contributed by atoms with Gasteiger partial charge in [-0.15, -0.1) is 0 Å². The van der Waals surface area contributed by atoms with Gasteiger partial charge >= 0.3 is 6.18 Å². The number of hydrogen-bond acceptors (Lipinski definition) is 5. The number of ketones is 1. The van der Waals surface area contributed by atoms with E-state index in [2.05, 4.69) is 15.6 Å². The van der Waals surface area contributed by atoms with Crippen LogP contribution < -0.4 is 10.6 Å². The normalized spacial score (nSPS) is 18.7. The number of aromatic nitrogens is 1. The van der Waals surface area contributed by atoms with E-state index in [1.807, 2.05) is 0 Å². The van der Waals surface area contributed by atoms with Crippen LogP contribution >= 0.6 is 0 Å². The van der Waals surface area contributed by atoms with E-state index in [9.17, 15) is 23.1 Å². The molecule has 2 heterocycles. The summed E-state index contributed by atoms with van der Waals surface area (Å²) >= 11 is 0. The standard InChI is InChI=1S/C19H14F3N3O2/c1-10(26)12-9-13-17(16-11(12)5-4-8-23-16)24-14-6-2-3-7-15(14)25-18(13,27)19(20,21)22/h2-9,24-25,27H,1H3. The van der Waals surface area contributed by atoms with Crippen LogP contribution in [-0.4, -0.2) is 22.1 Å². The monoisotopic (exact) mass is 373 g/mol. The van der Waals surface area contributed by atoms with Crippen molar-refractivity contribution < 1.29 is 23.1 Å². The third-order valence-electron chi connectivity index (χ3n) is 4.57. The number of nitrogens with one attached hydrogen (secondary N) is 2. The number of anilines is 3. The molecule has 4 rings (SSSR count). The fourth-order valence-corrected chi connectivity index (χ4v) is 3.27. The Balaban J connectivity index is 2.15. The van der Waals surface area contributed by atoms with Crippen molar-refractivity contribution in [3.63, 3.8) is 0 Å². The first kappa shape index (κ1) is 17.3. The largest absolute Gasteiger partial charge is 0.441 e. The lowest BCUT2D eigenvalue weighted by Crippen LogP contribution is -2.48. The van der Waals surface area contributed by atoms with Crippen LogP contribution in [-0.2, 0) is 5.72 Å². The molecule has 27 heavy (non-hydrogen) atoms. The molecule has 138 valence electrons. The van der Waals surface area contributed by atoms with Gasteiger partial charge in [0.05, 0.1) is 22.6 Å². The van der Waals surface area contributed by atoms with Crippen LogP contribution in [0.4, 0.5) is 30.2 Å². The van der Waals surface area contributed by atoms with Crippen LogP contribution in [0.2, 0.25) is 0 Å². The van der Waals surface area contributed by atoms with Gasteiger partial charge in [-0.1, -0.05) is 18.2 Å². The minimum Gasteiger partial charge on any atom is -0.360 e. The highest BCUT2D eigenvalue weighted by Crippen LogP contribution is 2.49. The van der Waals surface area contributed by atoms with E-state index in [0.717, 1.165) is 6.07 Å². The van der Waals surface area contributed by atoms with Crippen molar-refractivity contribution in [2.75, 3.05) is 10.6 Å². The smallest absolute Gasteiger partial charge is 0.360 e. The van der Waals surface area contributed by atoms with Crippen molar-refractivity contribution in [1.82, 2.24) is 4.98 Å². The van der Waals surface area contributed by atoms with E-state index >= 15 is 0 Å². The van der Waals surface area contributed by atoms with Crippen LogP contribution in [0.5, 0.6) is 0 Å². The van der Waals surface area contributed by atoms with Gasteiger partial charge in [-0.25, -0.2) is 0 Å². The van der Waals surface area contributed by atoms with Gasteiger partial charge in [-0.05, 0) is 31.2 Å². The second-order valence-corrected chi connectivity index (χ2v) is 6.31. The number of carbonyl (C=O) groups excluding carboxylic acids is 1. The molecule has 1 unspecified atom stereocenters. The number of pyridine rings is 1. The summed E-state index contributed by atoms with van der Waals surface area (Å²) in [5.74, 6) is -0.429. The van der Waals surface area contributed by atoms with Gasteiger partial charge in [0.2, 0.25) is 0 Å². The van der Waals surface area contributed by atoms with Gasteiger partial charge in [0, 0.05) is 22.7 Å². The Morgan fingerprint density at radius 3 is 2.52 bits per heavy atom. The van der Waals surface area contributed by atoms with Crippen molar-refractivity contribution in [1.29, 1.82) is 0 Å². The summed E-state index contributed by atoms with van der Waals surface area (Å²) in [4.78, 5) is 16.3. The number of carbonyl (C=O) groups is 1. The van der Waals surface area contributed by atoms with E-state index < -0.39 is 23.2 Å². The van der Waals surface area contributed by atoms with Gasteiger partial charge in [-0.3, -0.25) is 9.78 Å². The molecule has 3 aromatic rings. The molecule has 0 radical (unpaired) electrons. The Morgan fingerprint density at radius 2 is 1.85 bits per heavy atom. The molecule has 2 aromatic carbocycles. The molecule has 1 aliphatic rings. The summed E-state index contributed by atoms with van der Waals surface area (Å²) in [7, 11) is 0. The molecule has 1 atom stereocenters. The number of rotatable bonds is 1. The second-order valence-electron chi connectivity index (χ2n) is 6.31. The first-order valence-electron chi connectivity index (χ1n) is 8.09. The number of halogens is 3. The van der Waals surface area contributed by atoms with E-state index in [1.165, 1.54) is 19.2 Å². The molecule has 1 aromatic heterocycles. The third-order valence-corrected chi connectivity index (χ3v) is 4.57. The molecule has 0 saturated carbocycles. The number of benzene rings is 2. The van der Waals surface area contributed by atoms with Gasteiger partial charge in [0.15, 0.2) is 5.78 Å². The van der Waals surface area contributed by atoms with Crippen molar-refractivity contribution in [3.05, 3.63) is 59.8 Å². The van der Waals surface area contributed by atoms with Crippen molar-refractivity contribution in [2.45, 2.75) is 18.8 Å². The number of alkyl halides is 3. The highest BCUT2D eigenvalue weighted by molar-refractivity contribution is 6.11. The van der Waals surface area contributed by atoms with Crippen LogP contribution in [0.25, 0.3) is 10.9 Å². The van der Waals surface area contributed by atoms with Gasteiger partial charge in [0.1, 0.15) is 0 Å². The second kappa shape index (κ2) is 5.68. The molecule has 8 heteroatoms. The highest BCUT2D eigenvalue weighted by atomic mass is 19.4. The lowest BCUT2D eigenvalue weighted by atomic mass is 9.93. The Bertz CT molecular complexity index is 1080.